The molecular formula is C18H25FN2O. The van der Waals surface area contributed by atoms with Gasteiger partial charge in [0.05, 0.1) is 0 Å². The molecule has 2 N–H and O–H groups in total. The van der Waals surface area contributed by atoms with Crippen LogP contribution in [0.2, 0.25) is 0 Å². The Morgan fingerprint density at radius 3 is 2.91 bits per heavy atom. The number of rotatable bonds is 5. The van der Waals surface area contributed by atoms with E-state index in [0.717, 1.165) is 49.9 Å². The molecule has 1 heterocycles. The van der Waals surface area contributed by atoms with Crippen LogP contribution in [0.1, 0.15) is 43.2 Å². The van der Waals surface area contributed by atoms with Crippen LogP contribution in [0.4, 0.5) is 4.39 Å². The molecule has 4 heteroatoms. The number of hydrogen-bond donors (Lipinski definition) is 2. The highest BCUT2D eigenvalue weighted by molar-refractivity contribution is 5.79. The molecule has 0 radical (unpaired) electrons. The fraction of sp³-hybridized carbons (Fsp3) is 0.611. The van der Waals surface area contributed by atoms with Gasteiger partial charge in [0.15, 0.2) is 0 Å². The van der Waals surface area contributed by atoms with Crippen molar-refractivity contribution in [2.75, 3.05) is 19.6 Å². The molecule has 3 rings (SSSR count). The van der Waals surface area contributed by atoms with Crippen LogP contribution in [0.15, 0.2) is 18.2 Å². The van der Waals surface area contributed by atoms with E-state index in [4.69, 9.17) is 0 Å². The van der Waals surface area contributed by atoms with E-state index in [1.807, 2.05) is 6.92 Å². The molecule has 1 amide bonds. The van der Waals surface area contributed by atoms with E-state index in [9.17, 15) is 9.18 Å². The first kappa shape index (κ1) is 15.5. The normalized spacial score (nSPS) is 27.5. The maximum Gasteiger partial charge on any atom is 0.223 e. The number of hydrogen-bond acceptors (Lipinski definition) is 2. The molecule has 3 nitrogen and oxygen atoms in total. The van der Waals surface area contributed by atoms with Crippen molar-refractivity contribution in [2.24, 2.45) is 11.8 Å². The van der Waals surface area contributed by atoms with Crippen LogP contribution >= 0.6 is 0 Å². The lowest BCUT2D eigenvalue weighted by atomic mass is 9.69. The van der Waals surface area contributed by atoms with Gasteiger partial charge in [-0.15, -0.1) is 0 Å². The minimum absolute atomic E-state index is 0.0779. The average Bonchev–Trinajstić information content (AvgIpc) is 2.94. The van der Waals surface area contributed by atoms with E-state index in [-0.39, 0.29) is 17.6 Å². The highest BCUT2D eigenvalue weighted by Crippen LogP contribution is 2.43. The number of nitrogens with one attached hydrogen (secondary N) is 2. The van der Waals surface area contributed by atoms with Crippen molar-refractivity contribution in [3.8, 4) is 0 Å². The highest BCUT2D eigenvalue weighted by Gasteiger charge is 2.36. The van der Waals surface area contributed by atoms with Gasteiger partial charge in [0.25, 0.3) is 0 Å². The zero-order chi connectivity index (χ0) is 15.5. The number of halogens is 1. The Morgan fingerprint density at radius 1 is 1.41 bits per heavy atom. The molecule has 1 aromatic rings. The standard InChI is InChI=1S/C18H25FN2O/c1-2-21-18(22)14-9-13(10-14)15-4-3-5-17(19)16(15)8-12-6-7-20-11-12/h3-5,12-14,20H,2,6-11H2,1H3,(H,21,22). The highest BCUT2D eigenvalue weighted by atomic mass is 19.1. The Bertz CT molecular complexity index is 534. The third-order valence-electron chi connectivity index (χ3n) is 5.11. The molecule has 2 fully saturated rings. The van der Waals surface area contributed by atoms with Crippen molar-refractivity contribution in [1.82, 2.24) is 10.6 Å². The van der Waals surface area contributed by atoms with Crippen molar-refractivity contribution in [2.45, 2.75) is 38.5 Å². The van der Waals surface area contributed by atoms with Gasteiger partial charge in [-0.3, -0.25) is 4.79 Å². The molecule has 1 saturated carbocycles. The summed E-state index contributed by atoms with van der Waals surface area (Å²) in [5, 5.41) is 6.23. The first-order valence-electron chi connectivity index (χ1n) is 8.44. The number of benzene rings is 1. The summed E-state index contributed by atoms with van der Waals surface area (Å²) in [5.74, 6) is 1.05. The van der Waals surface area contributed by atoms with E-state index in [1.165, 1.54) is 0 Å². The van der Waals surface area contributed by atoms with Crippen LogP contribution < -0.4 is 10.6 Å². The molecule has 22 heavy (non-hydrogen) atoms. The lowest BCUT2D eigenvalue weighted by molar-refractivity contribution is -0.127. The third kappa shape index (κ3) is 3.17. The summed E-state index contributed by atoms with van der Waals surface area (Å²) in [6, 6.07) is 5.43. The van der Waals surface area contributed by atoms with E-state index < -0.39 is 0 Å². The maximum atomic E-state index is 14.3. The molecule has 0 aromatic heterocycles. The van der Waals surface area contributed by atoms with Crippen LogP contribution in [-0.4, -0.2) is 25.5 Å². The van der Waals surface area contributed by atoms with Gasteiger partial charge in [-0.05, 0) is 74.7 Å². The topological polar surface area (TPSA) is 41.1 Å². The molecule has 0 bridgehead atoms. The molecule has 1 aromatic carbocycles. The number of carbonyl (C=O) groups excluding carboxylic acids is 1. The second kappa shape index (κ2) is 6.78. The molecule has 1 aliphatic heterocycles. The summed E-state index contributed by atoms with van der Waals surface area (Å²) < 4.78 is 14.3. The van der Waals surface area contributed by atoms with E-state index in [1.54, 1.807) is 12.1 Å². The summed E-state index contributed by atoms with van der Waals surface area (Å²) in [4.78, 5) is 11.8. The summed E-state index contributed by atoms with van der Waals surface area (Å²) in [7, 11) is 0. The summed E-state index contributed by atoms with van der Waals surface area (Å²) in [6.45, 7) is 4.64. The van der Waals surface area contributed by atoms with Crippen LogP contribution in [-0.2, 0) is 11.2 Å². The summed E-state index contributed by atoms with van der Waals surface area (Å²) in [5.41, 5.74) is 2.02. The average molecular weight is 304 g/mol. The van der Waals surface area contributed by atoms with Gasteiger partial charge in [-0.25, -0.2) is 4.39 Å². The third-order valence-corrected chi connectivity index (χ3v) is 5.11. The van der Waals surface area contributed by atoms with Gasteiger partial charge in [0.2, 0.25) is 5.91 Å². The predicted octanol–water partition coefficient (Wildman–Crippen LogP) is 2.61. The smallest absolute Gasteiger partial charge is 0.223 e. The van der Waals surface area contributed by atoms with Gasteiger partial charge in [-0.1, -0.05) is 12.1 Å². The van der Waals surface area contributed by atoms with Crippen LogP contribution in [0.5, 0.6) is 0 Å². The SMILES string of the molecule is CCNC(=O)C1CC(c2cccc(F)c2CC2CCNC2)C1. The van der Waals surface area contributed by atoms with Crippen molar-refractivity contribution >= 4 is 5.91 Å². The van der Waals surface area contributed by atoms with Gasteiger partial charge >= 0.3 is 0 Å². The van der Waals surface area contributed by atoms with E-state index in [2.05, 4.69) is 16.7 Å². The summed E-state index contributed by atoms with van der Waals surface area (Å²) in [6.07, 6.45) is 3.65. The van der Waals surface area contributed by atoms with Crippen molar-refractivity contribution in [1.29, 1.82) is 0 Å². The second-order valence-corrected chi connectivity index (χ2v) is 6.63. The molecule has 1 aliphatic carbocycles. The van der Waals surface area contributed by atoms with E-state index in [0.29, 0.717) is 18.4 Å². The minimum Gasteiger partial charge on any atom is -0.356 e. The van der Waals surface area contributed by atoms with Crippen molar-refractivity contribution in [3.63, 3.8) is 0 Å². The number of carbonyl (C=O) groups is 1. The molecule has 0 spiro atoms. The first-order chi connectivity index (χ1) is 10.7. The predicted molar refractivity (Wildman–Crippen MR) is 85.2 cm³/mol. The summed E-state index contributed by atoms with van der Waals surface area (Å²) >= 11 is 0. The van der Waals surface area contributed by atoms with Crippen molar-refractivity contribution in [3.05, 3.63) is 35.1 Å². The Balaban J connectivity index is 1.69. The fourth-order valence-corrected chi connectivity index (χ4v) is 3.75. The van der Waals surface area contributed by atoms with Crippen LogP contribution in [0.3, 0.4) is 0 Å². The molecule has 120 valence electrons. The molecule has 2 aliphatic rings. The van der Waals surface area contributed by atoms with Gasteiger partial charge < -0.3 is 10.6 Å². The molecule has 1 saturated heterocycles. The maximum absolute atomic E-state index is 14.3. The second-order valence-electron chi connectivity index (χ2n) is 6.63. The zero-order valence-electron chi connectivity index (χ0n) is 13.2. The first-order valence-corrected chi connectivity index (χ1v) is 8.44. The number of amides is 1. The quantitative estimate of drug-likeness (QED) is 0.878. The Kier molecular flexibility index (Phi) is 4.77. The Hall–Kier alpha value is -1.42. The largest absolute Gasteiger partial charge is 0.356 e. The zero-order valence-corrected chi connectivity index (χ0v) is 13.2. The molecular weight excluding hydrogens is 279 g/mol. The molecule has 1 atom stereocenters. The molecule has 1 unspecified atom stereocenters. The fourth-order valence-electron chi connectivity index (χ4n) is 3.75. The Labute approximate surface area is 131 Å². The van der Waals surface area contributed by atoms with Gasteiger partial charge in [0.1, 0.15) is 5.82 Å². The Morgan fingerprint density at radius 2 is 2.23 bits per heavy atom. The minimum atomic E-state index is -0.0779. The lowest BCUT2D eigenvalue weighted by Crippen LogP contribution is -2.38. The van der Waals surface area contributed by atoms with Crippen LogP contribution in [0.25, 0.3) is 0 Å². The van der Waals surface area contributed by atoms with Crippen molar-refractivity contribution < 1.29 is 9.18 Å². The monoisotopic (exact) mass is 304 g/mol. The van der Waals surface area contributed by atoms with Crippen LogP contribution in [0, 0.1) is 17.7 Å². The van der Waals surface area contributed by atoms with Gasteiger partial charge in [0, 0.05) is 12.5 Å². The van der Waals surface area contributed by atoms with Gasteiger partial charge in [-0.2, -0.15) is 0 Å². The van der Waals surface area contributed by atoms with E-state index >= 15 is 0 Å². The lowest BCUT2D eigenvalue weighted by Gasteiger charge is -2.36.